The fourth-order valence-corrected chi connectivity index (χ4v) is 1.43. The number of hydrogen-bond donors (Lipinski definition) is 1. The van der Waals surface area contributed by atoms with Gasteiger partial charge in [0.05, 0.1) is 6.26 Å². The third-order valence-corrected chi connectivity index (χ3v) is 2.35. The summed E-state index contributed by atoms with van der Waals surface area (Å²) in [4.78, 5) is 11.5. The standard InChI is InChI=1S/C14H12FNO2/c15-13-6-2-1-4-11(13)10-16-14(17)8-7-12-5-3-9-18-12/h1-9H,10H2,(H,16,17)/b8-7+. The molecule has 0 aliphatic rings. The van der Waals surface area contributed by atoms with Gasteiger partial charge in [-0.15, -0.1) is 0 Å². The highest BCUT2D eigenvalue weighted by atomic mass is 19.1. The number of halogens is 1. The maximum Gasteiger partial charge on any atom is 0.244 e. The van der Waals surface area contributed by atoms with E-state index in [1.807, 2.05) is 0 Å². The van der Waals surface area contributed by atoms with Gasteiger partial charge in [-0.3, -0.25) is 4.79 Å². The third-order valence-electron chi connectivity index (χ3n) is 2.35. The molecule has 0 radical (unpaired) electrons. The lowest BCUT2D eigenvalue weighted by molar-refractivity contribution is -0.116. The quantitative estimate of drug-likeness (QED) is 0.841. The van der Waals surface area contributed by atoms with Gasteiger partial charge in [0, 0.05) is 18.2 Å². The first-order valence-electron chi connectivity index (χ1n) is 5.48. The first-order valence-corrected chi connectivity index (χ1v) is 5.48. The van der Waals surface area contributed by atoms with Crippen molar-refractivity contribution >= 4 is 12.0 Å². The summed E-state index contributed by atoms with van der Waals surface area (Å²) >= 11 is 0. The van der Waals surface area contributed by atoms with Gasteiger partial charge in [0.2, 0.25) is 5.91 Å². The van der Waals surface area contributed by atoms with Crippen molar-refractivity contribution in [2.45, 2.75) is 6.54 Å². The van der Waals surface area contributed by atoms with E-state index in [9.17, 15) is 9.18 Å². The smallest absolute Gasteiger partial charge is 0.244 e. The molecule has 4 heteroatoms. The second-order valence-electron chi connectivity index (χ2n) is 3.66. The monoisotopic (exact) mass is 245 g/mol. The number of carbonyl (C=O) groups excluding carboxylic acids is 1. The van der Waals surface area contributed by atoms with Crippen molar-refractivity contribution in [2.75, 3.05) is 0 Å². The molecule has 3 nitrogen and oxygen atoms in total. The number of carbonyl (C=O) groups is 1. The van der Waals surface area contributed by atoms with Crippen molar-refractivity contribution in [3.63, 3.8) is 0 Å². The van der Waals surface area contributed by atoms with E-state index in [-0.39, 0.29) is 18.3 Å². The SMILES string of the molecule is O=C(/C=C/c1ccco1)NCc1ccccc1F. The normalized spacial score (nSPS) is 10.7. The van der Waals surface area contributed by atoms with Crippen LogP contribution in [0.25, 0.3) is 6.08 Å². The van der Waals surface area contributed by atoms with Gasteiger partial charge in [-0.05, 0) is 24.3 Å². The zero-order chi connectivity index (χ0) is 12.8. The molecule has 0 aliphatic carbocycles. The predicted octanol–water partition coefficient (Wildman–Crippen LogP) is 2.75. The fraction of sp³-hybridized carbons (Fsp3) is 0.0714. The molecule has 0 aliphatic heterocycles. The van der Waals surface area contributed by atoms with Gasteiger partial charge >= 0.3 is 0 Å². The minimum atomic E-state index is -0.326. The number of amides is 1. The molecule has 0 spiro atoms. The highest BCUT2D eigenvalue weighted by Gasteiger charge is 2.01. The van der Waals surface area contributed by atoms with E-state index in [0.717, 1.165) is 0 Å². The van der Waals surface area contributed by atoms with Crippen LogP contribution in [0.15, 0.2) is 53.2 Å². The summed E-state index contributed by atoms with van der Waals surface area (Å²) in [5.74, 6) is -0.0292. The lowest BCUT2D eigenvalue weighted by atomic mass is 10.2. The van der Waals surface area contributed by atoms with Crippen LogP contribution in [0, 0.1) is 5.82 Å². The van der Waals surface area contributed by atoms with E-state index in [2.05, 4.69) is 5.32 Å². The number of nitrogens with one attached hydrogen (secondary N) is 1. The lowest BCUT2D eigenvalue weighted by Crippen LogP contribution is -2.20. The molecule has 0 unspecified atom stereocenters. The molecule has 1 aromatic carbocycles. The van der Waals surface area contributed by atoms with E-state index < -0.39 is 0 Å². The first-order chi connectivity index (χ1) is 8.75. The largest absolute Gasteiger partial charge is 0.465 e. The van der Waals surface area contributed by atoms with Gasteiger partial charge in [-0.1, -0.05) is 18.2 Å². The van der Waals surface area contributed by atoms with Crippen LogP contribution in [0.4, 0.5) is 4.39 Å². The van der Waals surface area contributed by atoms with Crippen LogP contribution < -0.4 is 5.32 Å². The van der Waals surface area contributed by atoms with E-state index in [1.54, 1.807) is 36.4 Å². The highest BCUT2D eigenvalue weighted by molar-refractivity contribution is 5.91. The Bertz CT molecular complexity index is 547. The Labute approximate surface area is 104 Å². The van der Waals surface area contributed by atoms with Gasteiger partial charge in [-0.25, -0.2) is 4.39 Å². The topological polar surface area (TPSA) is 42.2 Å². The molecule has 92 valence electrons. The van der Waals surface area contributed by atoms with Gasteiger partial charge < -0.3 is 9.73 Å². The third kappa shape index (κ3) is 3.31. The summed E-state index contributed by atoms with van der Waals surface area (Å²) in [6, 6.07) is 9.80. The van der Waals surface area contributed by atoms with Gasteiger partial charge in [0.15, 0.2) is 0 Å². The van der Waals surface area contributed by atoms with E-state index in [1.165, 1.54) is 18.4 Å². The summed E-state index contributed by atoms with van der Waals surface area (Å²) in [5.41, 5.74) is 0.456. The summed E-state index contributed by atoms with van der Waals surface area (Å²) in [6.07, 6.45) is 4.42. The van der Waals surface area contributed by atoms with E-state index in [4.69, 9.17) is 4.42 Å². The minimum absolute atomic E-state index is 0.161. The van der Waals surface area contributed by atoms with Crippen molar-refractivity contribution in [1.82, 2.24) is 5.32 Å². The molecular formula is C14H12FNO2. The Morgan fingerprint density at radius 2 is 2.11 bits per heavy atom. The van der Waals surface area contributed by atoms with Crippen LogP contribution in [-0.4, -0.2) is 5.91 Å². The van der Waals surface area contributed by atoms with Crippen LogP contribution >= 0.6 is 0 Å². The zero-order valence-corrected chi connectivity index (χ0v) is 9.60. The number of hydrogen-bond acceptors (Lipinski definition) is 2. The molecule has 2 rings (SSSR count). The van der Waals surface area contributed by atoms with Crippen LogP contribution in [0.1, 0.15) is 11.3 Å². The zero-order valence-electron chi connectivity index (χ0n) is 9.60. The Balaban J connectivity index is 1.87. The number of rotatable bonds is 4. The summed E-state index contributed by atoms with van der Waals surface area (Å²) in [7, 11) is 0. The van der Waals surface area contributed by atoms with Crippen LogP contribution in [0.2, 0.25) is 0 Å². The molecule has 1 aromatic heterocycles. The van der Waals surface area contributed by atoms with Crippen molar-refractivity contribution in [3.8, 4) is 0 Å². The van der Waals surface area contributed by atoms with Crippen molar-refractivity contribution in [2.24, 2.45) is 0 Å². The van der Waals surface area contributed by atoms with Crippen LogP contribution in [0.3, 0.4) is 0 Å². The molecular weight excluding hydrogens is 233 g/mol. The number of furan rings is 1. The molecule has 1 heterocycles. The molecule has 18 heavy (non-hydrogen) atoms. The van der Waals surface area contributed by atoms with Gasteiger partial charge in [-0.2, -0.15) is 0 Å². The van der Waals surface area contributed by atoms with Gasteiger partial charge in [0.25, 0.3) is 0 Å². The molecule has 1 N–H and O–H groups in total. The molecule has 0 saturated carbocycles. The van der Waals surface area contributed by atoms with E-state index >= 15 is 0 Å². The lowest BCUT2D eigenvalue weighted by Gasteiger charge is -2.03. The summed E-state index contributed by atoms with van der Waals surface area (Å²) in [6.45, 7) is 0.161. The Morgan fingerprint density at radius 3 is 2.83 bits per heavy atom. The summed E-state index contributed by atoms with van der Waals surface area (Å²) in [5, 5.41) is 2.59. The van der Waals surface area contributed by atoms with Crippen molar-refractivity contribution < 1.29 is 13.6 Å². The second kappa shape index (κ2) is 5.82. The second-order valence-corrected chi connectivity index (χ2v) is 3.66. The molecule has 0 fully saturated rings. The Kier molecular flexibility index (Phi) is 3.91. The average molecular weight is 245 g/mol. The molecule has 1 amide bonds. The van der Waals surface area contributed by atoms with Crippen molar-refractivity contribution in [1.29, 1.82) is 0 Å². The van der Waals surface area contributed by atoms with Crippen LogP contribution in [-0.2, 0) is 11.3 Å². The Hall–Kier alpha value is -2.36. The fourth-order valence-electron chi connectivity index (χ4n) is 1.43. The Morgan fingerprint density at radius 1 is 1.28 bits per heavy atom. The highest BCUT2D eigenvalue weighted by Crippen LogP contribution is 2.05. The maximum absolute atomic E-state index is 13.3. The van der Waals surface area contributed by atoms with Crippen LogP contribution in [0.5, 0.6) is 0 Å². The minimum Gasteiger partial charge on any atom is -0.465 e. The molecule has 0 saturated heterocycles. The summed E-state index contributed by atoms with van der Waals surface area (Å²) < 4.78 is 18.3. The first kappa shape index (κ1) is 12.1. The molecule has 0 atom stereocenters. The predicted molar refractivity (Wildman–Crippen MR) is 66.0 cm³/mol. The van der Waals surface area contributed by atoms with Crippen molar-refractivity contribution in [3.05, 3.63) is 65.9 Å². The number of benzene rings is 1. The van der Waals surface area contributed by atoms with Gasteiger partial charge in [0.1, 0.15) is 11.6 Å². The average Bonchev–Trinajstić information content (AvgIpc) is 2.88. The molecule has 0 bridgehead atoms. The maximum atomic E-state index is 13.3. The van der Waals surface area contributed by atoms with E-state index in [0.29, 0.717) is 11.3 Å². The molecule has 2 aromatic rings.